The highest BCUT2D eigenvalue weighted by molar-refractivity contribution is 8.18. The van der Waals surface area contributed by atoms with E-state index < -0.39 is 0 Å². The Balaban J connectivity index is 1.80. The Labute approximate surface area is 159 Å². The van der Waals surface area contributed by atoms with Gasteiger partial charge < -0.3 is 10.2 Å². The summed E-state index contributed by atoms with van der Waals surface area (Å²) in [5.41, 5.74) is 3.58. The van der Waals surface area contributed by atoms with Crippen molar-refractivity contribution in [1.29, 1.82) is 0 Å². The number of halogens is 1. The van der Waals surface area contributed by atoms with Crippen LogP contribution in [-0.2, 0) is 9.59 Å². The molecule has 1 fully saturated rings. The van der Waals surface area contributed by atoms with Crippen LogP contribution in [0.1, 0.15) is 11.1 Å². The van der Waals surface area contributed by atoms with Gasteiger partial charge in [0.1, 0.15) is 0 Å². The van der Waals surface area contributed by atoms with Gasteiger partial charge in [-0.15, -0.1) is 0 Å². The molecule has 5 nitrogen and oxygen atoms in total. The van der Waals surface area contributed by atoms with Crippen LogP contribution in [-0.4, -0.2) is 24.0 Å². The van der Waals surface area contributed by atoms with Crippen LogP contribution in [0, 0.1) is 6.92 Å². The lowest BCUT2D eigenvalue weighted by molar-refractivity contribution is -0.116. The molecule has 26 heavy (non-hydrogen) atoms. The molecule has 2 aromatic rings. The topological polar surface area (TPSA) is 61.8 Å². The van der Waals surface area contributed by atoms with E-state index in [9.17, 15) is 9.59 Å². The van der Waals surface area contributed by atoms with Gasteiger partial charge in [-0.3, -0.25) is 9.59 Å². The molecule has 1 N–H and O–H groups in total. The number of hydrogen-bond acceptors (Lipinski definition) is 4. The molecule has 2 aliphatic heterocycles. The Morgan fingerprint density at radius 2 is 1.88 bits per heavy atom. The van der Waals surface area contributed by atoms with Gasteiger partial charge in [-0.25, -0.2) is 4.99 Å². The number of amidine groups is 1. The number of nitrogens with zero attached hydrogens (tertiary/aromatic N) is 2. The number of thioether (sulfide) groups is 1. The largest absolute Gasteiger partial charge is 0.310 e. The van der Waals surface area contributed by atoms with E-state index in [0.717, 1.165) is 28.6 Å². The summed E-state index contributed by atoms with van der Waals surface area (Å²) < 4.78 is 0. The fourth-order valence-electron chi connectivity index (χ4n) is 3.10. The molecule has 0 spiro atoms. The molecule has 2 aromatic carbocycles. The van der Waals surface area contributed by atoms with Gasteiger partial charge in [-0.2, -0.15) is 0 Å². The third kappa shape index (κ3) is 2.62. The highest BCUT2D eigenvalue weighted by Gasteiger charge is 2.38. The number of aliphatic imine (C=N–C) groups is 1. The zero-order valence-electron chi connectivity index (χ0n) is 14.0. The van der Waals surface area contributed by atoms with Crippen LogP contribution in [0.5, 0.6) is 0 Å². The minimum absolute atomic E-state index is 0.189. The van der Waals surface area contributed by atoms with Crippen LogP contribution in [0.3, 0.4) is 0 Å². The Hall–Kier alpha value is -2.57. The predicted octanol–water partition coefficient (Wildman–Crippen LogP) is 3.89. The van der Waals surface area contributed by atoms with E-state index in [2.05, 4.69) is 10.3 Å². The summed E-state index contributed by atoms with van der Waals surface area (Å²) in [7, 11) is 1.72. The smallest absolute Gasteiger partial charge is 0.264 e. The highest BCUT2D eigenvalue weighted by Crippen LogP contribution is 2.43. The molecular formula is C19H14ClN3O2S. The standard InChI is InChI=1S/C19H14ClN3O2S/c1-10-6-5-7-11-14(18(25)23(2)15(10)11)16-17(24)22-19(26-16)21-13-9-4-3-8-12(13)20/h3-9H,1-2H3,(H,21,22,24). The van der Waals surface area contributed by atoms with Gasteiger partial charge in [-0.1, -0.05) is 41.9 Å². The minimum Gasteiger partial charge on any atom is -0.310 e. The SMILES string of the molecule is Cc1cccc2c1N(C)C(=O)C2=C1SC(=Nc2ccccc2Cl)NC1=O. The molecule has 0 atom stereocenters. The number of likely N-dealkylation sites (N-methyl/N-ethyl adjacent to an activating group) is 1. The van der Waals surface area contributed by atoms with Gasteiger partial charge in [0.15, 0.2) is 5.17 Å². The van der Waals surface area contributed by atoms with Gasteiger partial charge in [0.25, 0.3) is 11.8 Å². The molecule has 0 aromatic heterocycles. The molecule has 0 unspecified atom stereocenters. The molecule has 0 bridgehead atoms. The average Bonchev–Trinajstić information content (AvgIpc) is 3.08. The van der Waals surface area contributed by atoms with Crippen molar-refractivity contribution in [3.8, 4) is 0 Å². The van der Waals surface area contributed by atoms with Gasteiger partial charge >= 0.3 is 0 Å². The maximum absolute atomic E-state index is 12.8. The van der Waals surface area contributed by atoms with Crippen molar-refractivity contribution in [1.82, 2.24) is 5.32 Å². The van der Waals surface area contributed by atoms with E-state index in [0.29, 0.717) is 26.4 Å². The van der Waals surface area contributed by atoms with Gasteiger partial charge in [-0.05, 0) is 36.4 Å². The number of nitrogens with one attached hydrogen (secondary N) is 1. The Bertz CT molecular complexity index is 1030. The number of carbonyl (C=O) groups is 2. The number of aryl methyl sites for hydroxylation is 1. The number of benzene rings is 2. The first-order valence-corrected chi connectivity index (χ1v) is 9.11. The maximum Gasteiger partial charge on any atom is 0.264 e. The summed E-state index contributed by atoms with van der Waals surface area (Å²) in [6.45, 7) is 1.95. The van der Waals surface area contributed by atoms with E-state index in [1.54, 1.807) is 24.1 Å². The number of amides is 2. The summed E-state index contributed by atoms with van der Waals surface area (Å²) in [6, 6.07) is 12.8. The molecule has 2 amide bonds. The first-order valence-electron chi connectivity index (χ1n) is 7.92. The molecule has 7 heteroatoms. The van der Waals surface area contributed by atoms with Crippen LogP contribution in [0.2, 0.25) is 5.02 Å². The van der Waals surface area contributed by atoms with Crippen molar-refractivity contribution in [2.24, 2.45) is 4.99 Å². The molecule has 2 heterocycles. The molecular weight excluding hydrogens is 370 g/mol. The first-order chi connectivity index (χ1) is 12.5. The summed E-state index contributed by atoms with van der Waals surface area (Å²) in [4.78, 5) is 31.6. The van der Waals surface area contributed by atoms with E-state index in [4.69, 9.17) is 11.6 Å². The summed E-state index contributed by atoms with van der Waals surface area (Å²) in [5.74, 6) is -0.516. The zero-order chi connectivity index (χ0) is 18.4. The Morgan fingerprint density at radius 3 is 2.65 bits per heavy atom. The molecule has 0 aliphatic carbocycles. The number of fused-ring (bicyclic) bond motifs is 1. The van der Waals surface area contributed by atoms with Crippen molar-refractivity contribution in [2.45, 2.75) is 6.92 Å². The number of rotatable bonds is 1. The lowest BCUT2D eigenvalue weighted by Gasteiger charge is -2.11. The van der Waals surface area contributed by atoms with Crippen molar-refractivity contribution >= 4 is 57.3 Å². The highest BCUT2D eigenvalue weighted by atomic mass is 35.5. The predicted molar refractivity (Wildman–Crippen MR) is 106 cm³/mol. The van der Waals surface area contributed by atoms with Gasteiger partial charge in [0.2, 0.25) is 0 Å². The quantitative estimate of drug-likeness (QED) is 0.760. The maximum atomic E-state index is 12.8. The third-order valence-corrected chi connectivity index (χ3v) is 5.59. The number of hydrogen-bond donors (Lipinski definition) is 1. The van der Waals surface area contributed by atoms with Crippen molar-refractivity contribution in [2.75, 3.05) is 11.9 Å². The van der Waals surface area contributed by atoms with Crippen molar-refractivity contribution < 1.29 is 9.59 Å². The van der Waals surface area contributed by atoms with Crippen LogP contribution in [0.15, 0.2) is 52.4 Å². The Kier molecular flexibility index (Phi) is 4.09. The summed E-state index contributed by atoms with van der Waals surface area (Å²) >= 11 is 7.28. The lowest BCUT2D eigenvalue weighted by atomic mass is 10.0. The van der Waals surface area contributed by atoms with E-state index in [1.807, 2.05) is 37.3 Å². The first kappa shape index (κ1) is 16.9. The fourth-order valence-corrected chi connectivity index (χ4v) is 4.20. The van der Waals surface area contributed by atoms with E-state index >= 15 is 0 Å². The van der Waals surface area contributed by atoms with Crippen LogP contribution in [0.4, 0.5) is 11.4 Å². The number of anilines is 1. The monoisotopic (exact) mass is 383 g/mol. The van der Waals surface area contributed by atoms with Crippen LogP contribution >= 0.6 is 23.4 Å². The minimum atomic E-state index is -0.327. The van der Waals surface area contributed by atoms with Gasteiger partial charge in [0.05, 0.1) is 26.9 Å². The summed E-state index contributed by atoms with van der Waals surface area (Å²) in [5, 5.41) is 3.62. The molecule has 0 radical (unpaired) electrons. The normalized spacial score (nSPS) is 20.7. The van der Waals surface area contributed by atoms with E-state index in [-0.39, 0.29) is 11.8 Å². The molecule has 4 rings (SSSR count). The molecule has 130 valence electrons. The molecule has 1 saturated heterocycles. The number of para-hydroxylation sites is 2. The van der Waals surface area contributed by atoms with Crippen LogP contribution < -0.4 is 10.2 Å². The lowest BCUT2D eigenvalue weighted by Crippen LogP contribution is -2.23. The molecule has 2 aliphatic rings. The third-order valence-electron chi connectivity index (χ3n) is 4.29. The van der Waals surface area contributed by atoms with Crippen LogP contribution in [0.25, 0.3) is 5.57 Å². The van der Waals surface area contributed by atoms with Gasteiger partial charge in [0, 0.05) is 12.6 Å². The van der Waals surface area contributed by atoms with Crippen molar-refractivity contribution in [3.05, 3.63) is 63.5 Å². The molecule has 0 saturated carbocycles. The second-order valence-corrected chi connectivity index (χ2v) is 7.37. The second-order valence-electron chi connectivity index (χ2n) is 5.96. The van der Waals surface area contributed by atoms with E-state index in [1.165, 1.54) is 0 Å². The zero-order valence-corrected chi connectivity index (χ0v) is 15.6. The average molecular weight is 384 g/mol. The van der Waals surface area contributed by atoms with Crippen molar-refractivity contribution in [3.63, 3.8) is 0 Å². The number of carbonyl (C=O) groups excluding carboxylic acids is 2. The fraction of sp³-hybridized carbons (Fsp3) is 0.105. The Morgan fingerprint density at radius 1 is 1.12 bits per heavy atom. The summed E-state index contributed by atoms with van der Waals surface area (Å²) in [6.07, 6.45) is 0. The second kappa shape index (κ2) is 6.30.